The average molecular weight is 568 g/mol. The number of aromatic nitrogens is 2. The number of rotatable bonds is 12. The van der Waals surface area contributed by atoms with Gasteiger partial charge in [0.25, 0.3) is 0 Å². The van der Waals surface area contributed by atoms with Crippen LogP contribution in [-0.4, -0.2) is 37.1 Å². The van der Waals surface area contributed by atoms with Crippen molar-refractivity contribution in [3.63, 3.8) is 0 Å². The van der Waals surface area contributed by atoms with Crippen molar-refractivity contribution >= 4 is 10.9 Å². The third kappa shape index (κ3) is 7.73. The first-order valence-corrected chi connectivity index (χ1v) is 14.9. The second-order valence-corrected chi connectivity index (χ2v) is 10.6. The quantitative estimate of drug-likeness (QED) is 0.126. The van der Waals surface area contributed by atoms with Crippen LogP contribution in [0.1, 0.15) is 82.0 Å². The van der Waals surface area contributed by atoms with E-state index in [2.05, 4.69) is 79.3 Å². The topological polar surface area (TPSA) is 77.3 Å². The van der Waals surface area contributed by atoms with Gasteiger partial charge in [-0.25, -0.2) is 9.97 Å². The lowest BCUT2D eigenvalue weighted by Gasteiger charge is -2.28. The number of nitriles is 1. The summed E-state index contributed by atoms with van der Waals surface area (Å²) in [6.07, 6.45) is 5.06. The smallest absolute Gasteiger partial charge is 0.156 e. The van der Waals surface area contributed by atoms with Gasteiger partial charge < -0.3 is 14.2 Å². The van der Waals surface area contributed by atoms with Crippen LogP contribution in [0.5, 0.6) is 5.75 Å². The number of aryl methyl sites for hydroxylation is 2. The molecule has 1 heterocycles. The lowest BCUT2D eigenvalue weighted by Crippen LogP contribution is -2.20. The molecule has 0 N–H and O–H groups in total. The summed E-state index contributed by atoms with van der Waals surface area (Å²) >= 11 is 0. The molecule has 0 saturated carbocycles. The Morgan fingerprint density at radius 2 is 1.60 bits per heavy atom. The van der Waals surface area contributed by atoms with E-state index in [1.165, 1.54) is 5.56 Å². The van der Waals surface area contributed by atoms with Crippen LogP contribution in [-0.2, 0) is 21.3 Å². The second kappa shape index (κ2) is 15.4. The van der Waals surface area contributed by atoms with Crippen molar-refractivity contribution in [1.82, 2.24) is 9.97 Å². The first kappa shape index (κ1) is 32.7. The molecule has 3 aromatic carbocycles. The molecule has 6 heteroatoms. The molecule has 0 fully saturated rings. The molecule has 0 aliphatic rings. The Hall–Kier alpha value is -3.79. The van der Waals surface area contributed by atoms with Crippen molar-refractivity contribution in [2.45, 2.75) is 78.9 Å². The van der Waals surface area contributed by atoms with E-state index in [0.717, 1.165) is 64.7 Å². The molecule has 0 radical (unpaired) electrons. The van der Waals surface area contributed by atoms with E-state index in [-0.39, 0.29) is 11.7 Å². The predicted molar refractivity (Wildman–Crippen MR) is 171 cm³/mol. The third-order valence-corrected chi connectivity index (χ3v) is 7.64. The van der Waals surface area contributed by atoms with Gasteiger partial charge in [-0.2, -0.15) is 5.26 Å². The monoisotopic (exact) mass is 567 g/mol. The lowest BCUT2D eigenvalue weighted by atomic mass is 9.76. The standard InChI is InChI=1S/C34H39N3O3.C2H6/c1-7-24-19-30(20-27(21-35)33(24)40-17-9-8-10-32(38-5)39-6)34(3,4)29-14-11-25(12-15-29)26-13-16-31-28(18-26)22-36-23(2)37-31;1-2/h11-16,18-20,22,32H,7-10,17H2,1-6H3;1-2H3. The van der Waals surface area contributed by atoms with E-state index in [4.69, 9.17) is 14.2 Å². The number of ether oxygens (including phenoxy) is 3. The zero-order valence-electron chi connectivity index (χ0n) is 26.5. The first-order valence-electron chi connectivity index (χ1n) is 14.9. The van der Waals surface area contributed by atoms with Crippen molar-refractivity contribution < 1.29 is 14.2 Å². The molecule has 0 bridgehead atoms. The van der Waals surface area contributed by atoms with Crippen molar-refractivity contribution in [3.8, 4) is 22.9 Å². The van der Waals surface area contributed by atoms with Gasteiger partial charge in [-0.3, -0.25) is 0 Å². The first-order chi connectivity index (χ1) is 20.3. The average Bonchev–Trinajstić information content (AvgIpc) is 3.03. The SMILES string of the molecule is CC.CCc1cc(C(C)(C)c2ccc(-c3ccc4nc(C)ncc4c3)cc2)cc(C#N)c1OCCCCC(OC)OC. The highest BCUT2D eigenvalue weighted by molar-refractivity contribution is 5.83. The Labute approximate surface area is 251 Å². The number of methoxy groups -OCH3 is 2. The molecule has 222 valence electrons. The molecule has 6 nitrogen and oxygen atoms in total. The number of fused-ring (bicyclic) bond motifs is 1. The minimum Gasteiger partial charge on any atom is -0.492 e. The van der Waals surface area contributed by atoms with Crippen LogP contribution < -0.4 is 4.74 Å². The van der Waals surface area contributed by atoms with Gasteiger partial charge >= 0.3 is 0 Å². The van der Waals surface area contributed by atoms with Gasteiger partial charge in [0.1, 0.15) is 17.6 Å². The predicted octanol–water partition coefficient (Wildman–Crippen LogP) is 8.56. The zero-order chi connectivity index (χ0) is 30.7. The van der Waals surface area contributed by atoms with Gasteiger partial charge in [0.05, 0.1) is 17.7 Å². The molecular formula is C36H45N3O3. The van der Waals surface area contributed by atoms with Crippen LogP contribution in [0.2, 0.25) is 0 Å². The van der Waals surface area contributed by atoms with Crippen LogP contribution in [0.15, 0.2) is 60.8 Å². The van der Waals surface area contributed by atoms with Gasteiger partial charge in [-0.1, -0.05) is 71.0 Å². The van der Waals surface area contributed by atoms with Crippen LogP contribution in [0, 0.1) is 18.3 Å². The fourth-order valence-corrected chi connectivity index (χ4v) is 5.04. The summed E-state index contributed by atoms with van der Waals surface area (Å²) in [4.78, 5) is 8.85. The summed E-state index contributed by atoms with van der Waals surface area (Å²) in [6.45, 7) is 13.0. The number of benzene rings is 3. The number of nitrogens with zero attached hydrogens (tertiary/aromatic N) is 3. The zero-order valence-corrected chi connectivity index (χ0v) is 26.5. The molecular weight excluding hydrogens is 522 g/mol. The highest BCUT2D eigenvalue weighted by Gasteiger charge is 2.26. The molecule has 42 heavy (non-hydrogen) atoms. The van der Waals surface area contributed by atoms with Gasteiger partial charge in [0, 0.05) is 31.2 Å². The van der Waals surface area contributed by atoms with Crippen LogP contribution >= 0.6 is 0 Å². The maximum Gasteiger partial charge on any atom is 0.156 e. The van der Waals surface area contributed by atoms with Gasteiger partial charge in [0.15, 0.2) is 6.29 Å². The van der Waals surface area contributed by atoms with E-state index in [0.29, 0.717) is 17.9 Å². The second-order valence-electron chi connectivity index (χ2n) is 10.6. The molecule has 0 aliphatic carbocycles. The maximum atomic E-state index is 10.0. The van der Waals surface area contributed by atoms with Crippen LogP contribution in [0.4, 0.5) is 0 Å². The minimum absolute atomic E-state index is 0.192. The molecule has 0 atom stereocenters. The molecule has 4 rings (SSSR count). The maximum absolute atomic E-state index is 10.0. The van der Waals surface area contributed by atoms with Crippen LogP contribution in [0.25, 0.3) is 22.0 Å². The Kier molecular flexibility index (Phi) is 12.0. The highest BCUT2D eigenvalue weighted by Crippen LogP contribution is 2.37. The van der Waals surface area contributed by atoms with Crippen molar-refractivity contribution in [2.75, 3.05) is 20.8 Å². The van der Waals surface area contributed by atoms with E-state index < -0.39 is 0 Å². The Morgan fingerprint density at radius 1 is 0.905 bits per heavy atom. The lowest BCUT2D eigenvalue weighted by molar-refractivity contribution is -0.107. The van der Waals surface area contributed by atoms with Crippen molar-refractivity contribution in [1.29, 1.82) is 5.26 Å². The largest absolute Gasteiger partial charge is 0.492 e. The summed E-state index contributed by atoms with van der Waals surface area (Å²) in [7, 11) is 3.30. The third-order valence-electron chi connectivity index (χ3n) is 7.64. The van der Waals surface area contributed by atoms with Gasteiger partial charge in [-0.15, -0.1) is 0 Å². The molecule has 0 aliphatic heterocycles. The number of hydrogen-bond acceptors (Lipinski definition) is 6. The molecule has 0 saturated heterocycles. The number of unbranched alkanes of at least 4 members (excludes halogenated alkanes) is 1. The van der Waals surface area contributed by atoms with Crippen molar-refractivity contribution in [2.24, 2.45) is 0 Å². The summed E-state index contributed by atoms with van der Waals surface area (Å²) < 4.78 is 16.7. The number of hydrogen-bond donors (Lipinski definition) is 0. The van der Waals surface area contributed by atoms with E-state index in [9.17, 15) is 5.26 Å². The summed E-state index contributed by atoms with van der Waals surface area (Å²) in [5.41, 5.74) is 6.84. The Bertz CT molecular complexity index is 1490. The minimum atomic E-state index is -0.295. The van der Waals surface area contributed by atoms with E-state index in [1.54, 1.807) is 14.2 Å². The summed E-state index contributed by atoms with van der Waals surface area (Å²) in [5.74, 6) is 1.47. The molecule has 1 aromatic heterocycles. The fourth-order valence-electron chi connectivity index (χ4n) is 5.04. The Morgan fingerprint density at radius 3 is 2.24 bits per heavy atom. The fraction of sp³-hybridized carbons (Fsp3) is 0.417. The van der Waals surface area contributed by atoms with Gasteiger partial charge in [0.2, 0.25) is 0 Å². The molecule has 0 unspecified atom stereocenters. The molecule has 0 amide bonds. The summed E-state index contributed by atoms with van der Waals surface area (Å²) in [6, 6.07) is 21.5. The molecule has 4 aromatic rings. The van der Waals surface area contributed by atoms with Crippen molar-refractivity contribution in [3.05, 3.63) is 88.9 Å². The summed E-state index contributed by atoms with van der Waals surface area (Å²) in [5, 5.41) is 11.0. The van der Waals surface area contributed by atoms with E-state index in [1.807, 2.05) is 39.1 Å². The highest BCUT2D eigenvalue weighted by atomic mass is 16.7. The normalized spacial score (nSPS) is 11.2. The van der Waals surface area contributed by atoms with E-state index >= 15 is 0 Å². The van der Waals surface area contributed by atoms with Gasteiger partial charge in [-0.05, 0) is 78.6 Å². The van der Waals surface area contributed by atoms with Crippen LogP contribution in [0.3, 0.4) is 0 Å². The Balaban J connectivity index is 0.00000237. The molecule has 0 spiro atoms.